The number of methoxy groups -OCH3 is 1. The summed E-state index contributed by atoms with van der Waals surface area (Å²) in [5.74, 6) is 0.942. The lowest BCUT2D eigenvalue weighted by atomic mass is 10.3. The van der Waals surface area contributed by atoms with Gasteiger partial charge >= 0.3 is 5.56 Å². The van der Waals surface area contributed by atoms with Crippen LogP contribution >= 0.6 is 0 Å². The first-order chi connectivity index (χ1) is 8.20. The Morgan fingerprint density at radius 1 is 1.41 bits per heavy atom. The van der Waals surface area contributed by atoms with E-state index in [2.05, 4.69) is 9.97 Å². The van der Waals surface area contributed by atoms with E-state index in [-0.39, 0.29) is 5.88 Å². The normalized spacial score (nSPS) is 9.94. The van der Waals surface area contributed by atoms with Crippen molar-refractivity contribution in [2.45, 2.75) is 0 Å². The van der Waals surface area contributed by atoms with Gasteiger partial charge in [0.1, 0.15) is 11.5 Å². The molecule has 0 atom stereocenters. The van der Waals surface area contributed by atoms with Gasteiger partial charge in [-0.15, -0.1) is 0 Å². The summed E-state index contributed by atoms with van der Waals surface area (Å²) in [7, 11) is 1.52. The van der Waals surface area contributed by atoms with E-state index >= 15 is 0 Å². The number of anilines is 1. The minimum Gasteiger partial charge on any atom is -0.495 e. The molecule has 1 aromatic heterocycles. The zero-order valence-corrected chi connectivity index (χ0v) is 9.14. The van der Waals surface area contributed by atoms with E-state index in [4.69, 9.17) is 15.2 Å². The van der Waals surface area contributed by atoms with Crippen LogP contribution in [0.3, 0.4) is 0 Å². The lowest BCUT2D eigenvalue weighted by Crippen LogP contribution is -2.09. The molecule has 0 aliphatic heterocycles. The molecule has 1 heterocycles. The van der Waals surface area contributed by atoms with Crippen LogP contribution in [0.25, 0.3) is 0 Å². The number of nitrogens with two attached hydrogens (primary N) is 1. The van der Waals surface area contributed by atoms with Crippen LogP contribution in [0, 0.1) is 0 Å². The van der Waals surface area contributed by atoms with Gasteiger partial charge in [0.15, 0.2) is 0 Å². The molecule has 17 heavy (non-hydrogen) atoms. The maximum atomic E-state index is 11.3. The van der Waals surface area contributed by atoms with Crippen molar-refractivity contribution >= 4 is 5.69 Å². The Bertz CT molecular complexity index is 580. The topological polar surface area (TPSA) is 90.2 Å². The van der Waals surface area contributed by atoms with Crippen molar-refractivity contribution in [3.63, 3.8) is 0 Å². The number of nitrogen functional groups attached to an aromatic ring is 1. The number of hydrogen-bond acceptors (Lipinski definition) is 5. The van der Waals surface area contributed by atoms with Gasteiger partial charge in [-0.1, -0.05) is 0 Å². The molecule has 0 radical (unpaired) electrons. The van der Waals surface area contributed by atoms with Crippen LogP contribution in [0.4, 0.5) is 5.69 Å². The first kappa shape index (κ1) is 11.0. The summed E-state index contributed by atoms with van der Waals surface area (Å²) in [6.07, 6.45) is 2.86. The van der Waals surface area contributed by atoms with Crippen molar-refractivity contribution in [1.29, 1.82) is 0 Å². The number of ether oxygens (including phenoxy) is 2. The van der Waals surface area contributed by atoms with E-state index in [1.54, 1.807) is 18.2 Å². The Morgan fingerprint density at radius 3 is 2.88 bits per heavy atom. The summed E-state index contributed by atoms with van der Waals surface area (Å²) < 4.78 is 10.3. The minimum absolute atomic E-state index is 0.0305. The molecule has 0 saturated carbocycles. The second-order valence-corrected chi connectivity index (χ2v) is 3.23. The first-order valence-electron chi connectivity index (χ1n) is 4.86. The van der Waals surface area contributed by atoms with Crippen molar-refractivity contribution in [2.75, 3.05) is 12.8 Å². The second-order valence-electron chi connectivity index (χ2n) is 3.23. The lowest BCUT2D eigenvalue weighted by Gasteiger charge is -2.07. The quantitative estimate of drug-likeness (QED) is 0.776. The highest BCUT2D eigenvalue weighted by atomic mass is 16.5. The highest BCUT2D eigenvalue weighted by molar-refractivity contribution is 5.56. The number of aromatic amines is 1. The highest BCUT2D eigenvalue weighted by Crippen LogP contribution is 2.27. The van der Waals surface area contributed by atoms with Crippen LogP contribution in [-0.2, 0) is 0 Å². The monoisotopic (exact) mass is 233 g/mol. The predicted molar refractivity (Wildman–Crippen MR) is 62.3 cm³/mol. The number of rotatable bonds is 3. The summed E-state index contributed by atoms with van der Waals surface area (Å²) in [6, 6.07) is 4.86. The number of hydrogen-bond donors (Lipinski definition) is 2. The Labute approximate surface area is 97.0 Å². The smallest absolute Gasteiger partial charge is 0.311 e. The van der Waals surface area contributed by atoms with Crippen molar-refractivity contribution < 1.29 is 9.47 Å². The molecular formula is C11H11N3O3. The number of nitrogens with one attached hydrogen (secondary N) is 1. The van der Waals surface area contributed by atoms with Crippen LogP contribution in [-0.4, -0.2) is 17.1 Å². The van der Waals surface area contributed by atoms with Crippen molar-refractivity contribution in [3.8, 4) is 17.4 Å². The average molecular weight is 233 g/mol. The van der Waals surface area contributed by atoms with Crippen LogP contribution < -0.4 is 20.8 Å². The van der Waals surface area contributed by atoms with Gasteiger partial charge in [-0.2, -0.15) is 0 Å². The molecule has 6 heteroatoms. The van der Waals surface area contributed by atoms with Gasteiger partial charge in [-0.05, 0) is 12.1 Å². The molecule has 0 unspecified atom stereocenters. The molecule has 3 N–H and O–H groups in total. The molecule has 2 aromatic rings. The zero-order chi connectivity index (χ0) is 12.3. The number of nitrogens with zero attached hydrogens (tertiary/aromatic N) is 1. The van der Waals surface area contributed by atoms with Gasteiger partial charge in [0, 0.05) is 18.5 Å². The molecule has 0 saturated heterocycles. The molecule has 0 bridgehead atoms. The molecule has 0 aliphatic carbocycles. The molecule has 2 rings (SSSR count). The molecule has 0 aliphatic rings. The fraction of sp³-hybridized carbons (Fsp3) is 0.0909. The Balaban J connectivity index is 2.28. The molecule has 6 nitrogen and oxygen atoms in total. The number of benzene rings is 1. The third kappa shape index (κ3) is 2.36. The Hall–Kier alpha value is -2.50. The molecule has 0 amide bonds. The maximum absolute atomic E-state index is 11.3. The van der Waals surface area contributed by atoms with Gasteiger partial charge in [0.25, 0.3) is 5.88 Å². The van der Waals surface area contributed by atoms with Gasteiger partial charge in [-0.3, -0.25) is 4.79 Å². The molecular weight excluding hydrogens is 222 g/mol. The summed E-state index contributed by atoms with van der Waals surface area (Å²) >= 11 is 0. The summed E-state index contributed by atoms with van der Waals surface area (Å²) in [5.41, 5.74) is 5.74. The fourth-order valence-corrected chi connectivity index (χ4v) is 1.30. The highest BCUT2D eigenvalue weighted by Gasteiger charge is 2.05. The van der Waals surface area contributed by atoms with E-state index < -0.39 is 5.56 Å². The van der Waals surface area contributed by atoms with Crippen LogP contribution in [0.2, 0.25) is 0 Å². The van der Waals surface area contributed by atoms with E-state index in [9.17, 15) is 4.79 Å². The third-order valence-corrected chi connectivity index (χ3v) is 2.09. The van der Waals surface area contributed by atoms with Crippen molar-refractivity contribution in [3.05, 3.63) is 40.9 Å². The third-order valence-electron chi connectivity index (χ3n) is 2.09. The average Bonchev–Trinajstić information content (AvgIpc) is 2.32. The predicted octanol–water partition coefficient (Wildman–Crippen LogP) is 1.15. The summed E-state index contributed by atoms with van der Waals surface area (Å²) in [5, 5.41) is 0. The standard InChI is InChI=1S/C11H11N3O3/c1-16-9-3-2-7(6-8(9)12)17-11-10(15)13-4-5-14-11/h2-6H,12H2,1H3,(H,13,15). The number of H-pyrrole nitrogens is 1. The van der Waals surface area contributed by atoms with E-state index in [0.717, 1.165) is 0 Å². The van der Waals surface area contributed by atoms with E-state index in [1.807, 2.05) is 0 Å². The van der Waals surface area contributed by atoms with Crippen molar-refractivity contribution in [1.82, 2.24) is 9.97 Å². The Morgan fingerprint density at radius 2 is 2.24 bits per heavy atom. The zero-order valence-electron chi connectivity index (χ0n) is 9.14. The van der Waals surface area contributed by atoms with Crippen LogP contribution in [0.5, 0.6) is 17.4 Å². The SMILES string of the molecule is COc1ccc(Oc2ncc[nH]c2=O)cc1N. The molecule has 1 aromatic carbocycles. The van der Waals surface area contributed by atoms with Gasteiger partial charge in [0.05, 0.1) is 12.8 Å². The summed E-state index contributed by atoms with van der Waals surface area (Å²) in [4.78, 5) is 17.6. The van der Waals surface area contributed by atoms with E-state index in [0.29, 0.717) is 17.2 Å². The first-order valence-corrected chi connectivity index (χ1v) is 4.86. The van der Waals surface area contributed by atoms with E-state index in [1.165, 1.54) is 19.5 Å². The molecule has 0 spiro atoms. The minimum atomic E-state index is -0.401. The van der Waals surface area contributed by atoms with Gasteiger partial charge in [-0.25, -0.2) is 4.98 Å². The summed E-state index contributed by atoms with van der Waals surface area (Å²) in [6.45, 7) is 0. The molecule has 0 fully saturated rings. The Kier molecular flexibility index (Phi) is 2.95. The fourth-order valence-electron chi connectivity index (χ4n) is 1.30. The maximum Gasteiger partial charge on any atom is 0.311 e. The van der Waals surface area contributed by atoms with Crippen molar-refractivity contribution in [2.24, 2.45) is 0 Å². The largest absolute Gasteiger partial charge is 0.495 e. The lowest BCUT2D eigenvalue weighted by molar-refractivity contribution is 0.414. The molecule has 88 valence electrons. The van der Waals surface area contributed by atoms with Gasteiger partial charge in [0.2, 0.25) is 0 Å². The van der Waals surface area contributed by atoms with Crippen LogP contribution in [0.15, 0.2) is 35.4 Å². The number of aromatic nitrogens is 2. The van der Waals surface area contributed by atoms with Gasteiger partial charge < -0.3 is 20.2 Å². The second kappa shape index (κ2) is 4.56. The van der Waals surface area contributed by atoms with Crippen LogP contribution in [0.1, 0.15) is 0 Å².